The Bertz CT molecular complexity index is 750. The SMILES string of the molecule is CN=C(NCc1ccc(OC)cc1OC1CCCC1)N1CC2C3CCC(O3)C2C1.I. The van der Waals surface area contributed by atoms with Crippen molar-refractivity contribution >= 4 is 29.9 Å². The summed E-state index contributed by atoms with van der Waals surface area (Å²) in [6, 6.07) is 6.14. The maximum Gasteiger partial charge on any atom is 0.193 e. The van der Waals surface area contributed by atoms with E-state index in [1.165, 1.54) is 25.7 Å². The zero-order valence-electron chi connectivity index (χ0n) is 18.0. The molecule has 7 heteroatoms. The average Bonchev–Trinajstić information content (AvgIpc) is 3.52. The molecule has 4 atom stereocenters. The van der Waals surface area contributed by atoms with Crippen LogP contribution in [0.15, 0.2) is 23.2 Å². The third-order valence-electron chi connectivity index (χ3n) is 7.27. The number of nitrogens with one attached hydrogen (secondary N) is 1. The van der Waals surface area contributed by atoms with E-state index in [0.29, 0.717) is 36.7 Å². The lowest BCUT2D eigenvalue weighted by atomic mass is 9.82. The predicted octanol–water partition coefficient (Wildman–Crippen LogP) is 3.82. The van der Waals surface area contributed by atoms with Gasteiger partial charge in [0.25, 0.3) is 0 Å². The first-order valence-corrected chi connectivity index (χ1v) is 11.2. The van der Waals surface area contributed by atoms with Gasteiger partial charge in [-0.2, -0.15) is 0 Å². The highest BCUT2D eigenvalue weighted by molar-refractivity contribution is 14.0. The van der Waals surface area contributed by atoms with Gasteiger partial charge < -0.3 is 24.4 Å². The number of rotatable bonds is 5. The third kappa shape index (κ3) is 4.24. The Morgan fingerprint density at radius 1 is 1.13 bits per heavy atom. The first-order chi connectivity index (χ1) is 14.2. The second-order valence-electron chi connectivity index (χ2n) is 8.92. The van der Waals surface area contributed by atoms with Crippen molar-refractivity contribution < 1.29 is 14.2 Å². The number of fused-ring (bicyclic) bond motifs is 5. The highest BCUT2D eigenvalue weighted by Gasteiger charge is 2.53. The molecule has 1 N–H and O–H groups in total. The molecule has 4 fully saturated rings. The number of aliphatic imine (C=N–C) groups is 1. The van der Waals surface area contributed by atoms with E-state index in [2.05, 4.69) is 21.3 Å². The molecular weight excluding hydrogens is 493 g/mol. The van der Waals surface area contributed by atoms with Gasteiger partial charge in [-0.05, 0) is 50.7 Å². The van der Waals surface area contributed by atoms with Crippen LogP contribution >= 0.6 is 24.0 Å². The molecule has 1 aromatic rings. The van der Waals surface area contributed by atoms with Crippen LogP contribution in [-0.2, 0) is 11.3 Å². The molecule has 166 valence electrons. The fourth-order valence-electron chi connectivity index (χ4n) is 5.74. The van der Waals surface area contributed by atoms with Crippen LogP contribution < -0.4 is 14.8 Å². The molecule has 0 radical (unpaired) electrons. The van der Waals surface area contributed by atoms with Crippen molar-refractivity contribution in [3.8, 4) is 11.5 Å². The van der Waals surface area contributed by atoms with Gasteiger partial charge in [-0.1, -0.05) is 0 Å². The summed E-state index contributed by atoms with van der Waals surface area (Å²) in [4.78, 5) is 7.00. The number of benzene rings is 1. The van der Waals surface area contributed by atoms with E-state index in [9.17, 15) is 0 Å². The summed E-state index contributed by atoms with van der Waals surface area (Å²) < 4.78 is 17.9. The maximum atomic E-state index is 6.35. The largest absolute Gasteiger partial charge is 0.497 e. The molecule has 2 bridgehead atoms. The smallest absolute Gasteiger partial charge is 0.193 e. The van der Waals surface area contributed by atoms with Crippen molar-refractivity contribution in [1.82, 2.24) is 10.2 Å². The van der Waals surface area contributed by atoms with Crippen LogP contribution in [0.2, 0.25) is 0 Å². The van der Waals surface area contributed by atoms with Gasteiger partial charge in [-0.15, -0.1) is 24.0 Å². The van der Waals surface area contributed by atoms with Gasteiger partial charge in [0.1, 0.15) is 11.5 Å². The van der Waals surface area contributed by atoms with Crippen LogP contribution in [0.3, 0.4) is 0 Å². The van der Waals surface area contributed by atoms with Gasteiger partial charge in [-0.25, -0.2) is 0 Å². The fraction of sp³-hybridized carbons (Fsp3) is 0.696. The molecule has 0 spiro atoms. The summed E-state index contributed by atoms with van der Waals surface area (Å²) in [6.07, 6.45) is 8.56. The lowest BCUT2D eigenvalue weighted by Crippen LogP contribution is -2.41. The molecule has 5 rings (SSSR count). The third-order valence-corrected chi connectivity index (χ3v) is 7.27. The monoisotopic (exact) mass is 527 g/mol. The molecule has 3 heterocycles. The van der Waals surface area contributed by atoms with Gasteiger partial charge >= 0.3 is 0 Å². The Morgan fingerprint density at radius 3 is 2.47 bits per heavy atom. The number of methoxy groups -OCH3 is 1. The van der Waals surface area contributed by atoms with Gasteiger partial charge in [0.05, 0.1) is 25.4 Å². The zero-order chi connectivity index (χ0) is 19.8. The molecule has 0 amide bonds. The lowest BCUT2D eigenvalue weighted by molar-refractivity contribution is 0.0767. The number of likely N-dealkylation sites (tertiary alicyclic amines) is 1. The number of halogens is 1. The van der Waals surface area contributed by atoms with Crippen molar-refractivity contribution in [3.05, 3.63) is 23.8 Å². The minimum absolute atomic E-state index is 0. The summed E-state index contributed by atoms with van der Waals surface area (Å²) in [5, 5.41) is 3.58. The standard InChI is InChI=1S/C23H33N3O3.HI/c1-24-23(26-13-18-19(14-26)21-10-9-20(18)29-21)25-12-15-7-8-17(27-2)11-22(15)28-16-5-3-4-6-16;/h7-8,11,16,18-21H,3-6,9-10,12-14H2,1-2H3,(H,24,25);1H. The van der Waals surface area contributed by atoms with Gasteiger partial charge in [0, 0.05) is 50.1 Å². The van der Waals surface area contributed by atoms with E-state index in [-0.39, 0.29) is 24.0 Å². The molecule has 1 aliphatic carbocycles. The molecule has 1 aromatic carbocycles. The minimum Gasteiger partial charge on any atom is -0.497 e. The molecule has 6 nitrogen and oxygen atoms in total. The van der Waals surface area contributed by atoms with Crippen molar-refractivity contribution in [2.24, 2.45) is 16.8 Å². The highest BCUT2D eigenvalue weighted by atomic mass is 127. The van der Waals surface area contributed by atoms with E-state index in [1.807, 2.05) is 19.2 Å². The van der Waals surface area contributed by atoms with Crippen LogP contribution in [0.4, 0.5) is 0 Å². The molecular formula is C23H34IN3O3. The van der Waals surface area contributed by atoms with Crippen LogP contribution in [0, 0.1) is 11.8 Å². The summed E-state index contributed by atoms with van der Waals surface area (Å²) in [7, 11) is 3.58. The number of ether oxygens (including phenoxy) is 3. The summed E-state index contributed by atoms with van der Waals surface area (Å²) >= 11 is 0. The van der Waals surface area contributed by atoms with Crippen LogP contribution in [0.25, 0.3) is 0 Å². The Labute approximate surface area is 196 Å². The first kappa shape index (κ1) is 22.0. The van der Waals surface area contributed by atoms with Crippen molar-refractivity contribution in [2.75, 3.05) is 27.2 Å². The highest BCUT2D eigenvalue weighted by Crippen LogP contribution is 2.47. The zero-order valence-corrected chi connectivity index (χ0v) is 20.3. The quantitative estimate of drug-likeness (QED) is 0.359. The Morgan fingerprint density at radius 2 is 1.83 bits per heavy atom. The average molecular weight is 527 g/mol. The van der Waals surface area contributed by atoms with Crippen LogP contribution in [0.1, 0.15) is 44.1 Å². The topological polar surface area (TPSA) is 55.3 Å². The molecule has 1 saturated carbocycles. The van der Waals surface area contributed by atoms with Crippen LogP contribution in [-0.4, -0.2) is 56.4 Å². The van der Waals surface area contributed by atoms with Crippen molar-refractivity contribution in [2.45, 2.75) is 63.4 Å². The molecule has 4 aliphatic rings. The van der Waals surface area contributed by atoms with Crippen molar-refractivity contribution in [1.29, 1.82) is 0 Å². The van der Waals surface area contributed by atoms with Crippen molar-refractivity contribution in [3.63, 3.8) is 0 Å². The van der Waals surface area contributed by atoms with Gasteiger partial charge in [-0.3, -0.25) is 4.99 Å². The maximum absolute atomic E-state index is 6.35. The molecule has 30 heavy (non-hydrogen) atoms. The normalized spacial score (nSPS) is 30.3. The Hall–Kier alpha value is -1.22. The molecule has 0 aromatic heterocycles. The van der Waals surface area contributed by atoms with Gasteiger partial charge in [0.15, 0.2) is 5.96 Å². The Kier molecular flexibility index (Phi) is 6.97. The number of nitrogens with zero attached hydrogens (tertiary/aromatic N) is 2. The molecule has 4 unspecified atom stereocenters. The summed E-state index contributed by atoms with van der Waals surface area (Å²) in [6.45, 7) is 2.81. The number of hydrogen-bond acceptors (Lipinski definition) is 4. The summed E-state index contributed by atoms with van der Waals surface area (Å²) in [5.41, 5.74) is 1.15. The first-order valence-electron chi connectivity index (χ1n) is 11.2. The van der Waals surface area contributed by atoms with E-state index in [1.54, 1.807) is 7.11 Å². The van der Waals surface area contributed by atoms with E-state index in [0.717, 1.165) is 49.0 Å². The molecule has 3 saturated heterocycles. The molecule has 3 aliphatic heterocycles. The number of guanidine groups is 1. The second kappa shape index (κ2) is 9.51. The lowest BCUT2D eigenvalue weighted by Gasteiger charge is -2.24. The summed E-state index contributed by atoms with van der Waals surface area (Å²) in [5.74, 6) is 4.11. The van der Waals surface area contributed by atoms with Crippen LogP contribution in [0.5, 0.6) is 11.5 Å². The minimum atomic E-state index is 0. The second-order valence-corrected chi connectivity index (χ2v) is 8.92. The predicted molar refractivity (Wildman–Crippen MR) is 128 cm³/mol. The fourth-order valence-corrected chi connectivity index (χ4v) is 5.74. The van der Waals surface area contributed by atoms with E-state index >= 15 is 0 Å². The number of hydrogen-bond donors (Lipinski definition) is 1. The van der Waals surface area contributed by atoms with E-state index in [4.69, 9.17) is 14.2 Å². The Balaban J connectivity index is 0.00000218. The van der Waals surface area contributed by atoms with E-state index < -0.39 is 0 Å². The van der Waals surface area contributed by atoms with Gasteiger partial charge in [0.2, 0.25) is 0 Å².